The molecule has 2 unspecified atom stereocenters. The van der Waals surface area contributed by atoms with Crippen molar-refractivity contribution in [3.63, 3.8) is 0 Å². The lowest BCUT2D eigenvalue weighted by atomic mass is 10.0. The molecule has 0 rings (SSSR count). The lowest BCUT2D eigenvalue weighted by Crippen LogP contribution is -2.45. The Kier molecular flexibility index (Phi) is 72.8. The fraction of sp³-hybridized carbons (Fsp3) is 0.949. The van der Waals surface area contributed by atoms with Crippen LogP contribution in [0.15, 0.2) is 12.2 Å². The van der Waals surface area contributed by atoms with Crippen LogP contribution >= 0.6 is 0 Å². The first kappa shape index (κ1) is 82.6. The van der Waals surface area contributed by atoms with Gasteiger partial charge in [-0.2, -0.15) is 0 Å². The van der Waals surface area contributed by atoms with Crippen molar-refractivity contribution in [3.05, 3.63) is 12.2 Å². The van der Waals surface area contributed by atoms with Gasteiger partial charge >= 0.3 is 5.97 Å². The molecule has 0 aliphatic rings. The predicted octanol–water partition coefficient (Wildman–Crippen LogP) is 25.5. The first-order valence-corrected chi connectivity index (χ1v) is 38.9. The third-order valence-electron chi connectivity index (χ3n) is 18.6. The average molecular weight is 1190 g/mol. The Balaban J connectivity index is 3.35. The Labute approximate surface area is 527 Å². The van der Waals surface area contributed by atoms with E-state index in [2.05, 4.69) is 31.3 Å². The van der Waals surface area contributed by atoms with Gasteiger partial charge in [-0.3, -0.25) is 9.59 Å². The minimum atomic E-state index is -0.664. The summed E-state index contributed by atoms with van der Waals surface area (Å²) in [6.45, 7) is 5.01. The Morgan fingerprint density at radius 1 is 0.321 bits per heavy atom. The minimum absolute atomic E-state index is 0.0218. The number of hydrogen-bond acceptors (Lipinski definition) is 5. The number of hydrogen-bond donors (Lipinski definition) is 3. The summed E-state index contributed by atoms with van der Waals surface area (Å²) in [4.78, 5) is 24.7. The van der Waals surface area contributed by atoms with E-state index in [9.17, 15) is 19.8 Å². The van der Waals surface area contributed by atoms with E-state index < -0.39 is 12.1 Å². The van der Waals surface area contributed by atoms with E-state index in [1.165, 1.54) is 379 Å². The maximum Gasteiger partial charge on any atom is 0.305 e. The van der Waals surface area contributed by atoms with Crippen LogP contribution in [0, 0.1) is 0 Å². The van der Waals surface area contributed by atoms with Crippen molar-refractivity contribution in [2.75, 3.05) is 13.2 Å². The largest absolute Gasteiger partial charge is 0.466 e. The number of allylic oxidation sites excluding steroid dienone is 2. The van der Waals surface area contributed by atoms with Gasteiger partial charge in [0.2, 0.25) is 5.91 Å². The molecule has 0 aromatic carbocycles. The predicted molar refractivity (Wildman–Crippen MR) is 370 cm³/mol. The number of aliphatic hydroxyl groups is 2. The van der Waals surface area contributed by atoms with Crippen molar-refractivity contribution in [1.29, 1.82) is 0 Å². The van der Waals surface area contributed by atoms with E-state index in [4.69, 9.17) is 4.74 Å². The molecule has 3 N–H and O–H groups in total. The van der Waals surface area contributed by atoms with Crippen LogP contribution in [0.1, 0.15) is 450 Å². The molecule has 500 valence electrons. The van der Waals surface area contributed by atoms with Crippen molar-refractivity contribution >= 4 is 11.9 Å². The molecule has 0 aromatic rings. The average Bonchev–Trinajstić information content (AvgIpc) is 3.51. The quantitative estimate of drug-likeness (QED) is 0.0320. The Morgan fingerprint density at radius 2 is 0.560 bits per heavy atom. The lowest BCUT2D eigenvalue weighted by molar-refractivity contribution is -0.143. The van der Waals surface area contributed by atoms with Gasteiger partial charge in [-0.05, 0) is 51.4 Å². The second kappa shape index (κ2) is 74.1. The summed E-state index contributed by atoms with van der Waals surface area (Å²) < 4.78 is 5.51. The summed E-state index contributed by atoms with van der Waals surface area (Å²) in [5, 5.41) is 23.4. The highest BCUT2D eigenvalue weighted by Crippen LogP contribution is 2.20. The molecule has 0 saturated carbocycles. The zero-order valence-electron chi connectivity index (χ0n) is 57.4. The Bertz CT molecular complexity index is 1270. The third kappa shape index (κ3) is 69.7. The fourth-order valence-corrected chi connectivity index (χ4v) is 12.6. The van der Waals surface area contributed by atoms with Crippen molar-refractivity contribution in [2.24, 2.45) is 0 Å². The topological polar surface area (TPSA) is 95.9 Å². The van der Waals surface area contributed by atoms with Crippen molar-refractivity contribution < 1.29 is 24.5 Å². The van der Waals surface area contributed by atoms with Crippen molar-refractivity contribution in [1.82, 2.24) is 5.32 Å². The highest BCUT2D eigenvalue weighted by Gasteiger charge is 2.20. The highest BCUT2D eigenvalue weighted by molar-refractivity contribution is 5.76. The maximum absolute atomic E-state index is 12.6. The number of carbonyl (C=O) groups is 2. The smallest absolute Gasteiger partial charge is 0.305 e. The molecule has 2 atom stereocenters. The molecule has 0 saturated heterocycles. The number of esters is 1. The van der Waals surface area contributed by atoms with Gasteiger partial charge in [-0.1, -0.05) is 398 Å². The molecule has 6 heteroatoms. The molecule has 0 heterocycles. The molecular weight excluding hydrogens is 1030 g/mol. The van der Waals surface area contributed by atoms with E-state index in [1.807, 2.05) is 0 Å². The Hall–Kier alpha value is -1.40. The monoisotopic (exact) mass is 1180 g/mol. The fourth-order valence-electron chi connectivity index (χ4n) is 12.6. The van der Waals surface area contributed by atoms with Crippen LogP contribution in [-0.2, 0) is 14.3 Å². The SMILES string of the molecule is CCCCCCCCCCCCCCCCCCCCCCCC(O)C(CO)NC(=O)CCCCCCCCCCCCCCC/C=C\CCCCCCCCCCCCCCOC(=O)CCCCCCCCCCCCCCCCCCC. The first-order valence-electron chi connectivity index (χ1n) is 38.9. The molecule has 6 nitrogen and oxygen atoms in total. The van der Waals surface area contributed by atoms with Crippen LogP contribution in [0.4, 0.5) is 0 Å². The second-order valence-electron chi connectivity index (χ2n) is 27.0. The van der Waals surface area contributed by atoms with Crippen molar-refractivity contribution in [3.8, 4) is 0 Å². The molecule has 84 heavy (non-hydrogen) atoms. The number of amides is 1. The first-order chi connectivity index (χ1) is 41.5. The molecule has 0 aromatic heterocycles. The molecule has 0 bridgehead atoms. The number of aliphatic hydroxyl groups excluding tert-OH is 2. The van der Waals surface area contributed by atoms with Gasteiger partial charge in [0.05, 0.1) is 25.4 Å². The zero-order chi connectivity index (χ0) is 60.6. The van der Waals surface area contributed by atoms with Gasteiger partial charge in [0.15, 0.2) is 0 Å². The lowest BCUT2D eigenvalue weighted by Gasteiger charge is -2.22. The normalized spacial score (nSPS) is 12.5. The molecule has 0 aliphatic carbocycles. The van der Waals surface area contributed by atoms with Gasteiger partial charge < -0.3 is 20.3 Å². The number of nitrogens with one attached hydrogen (secondary N) is 1. The van der Waals surface area contributed by atoms with Crippen LogP contribution in [0.3, 0.4) is 0 Å². The van der Waals surface area contributed by atoms with Gasteiger partial charge in [0.1, 0.15) is 0 Å². The summed E-state index contributed by atoms with van der Waals surface area (Å²) in [6.07, 6.45) is 92.9. The van der Waals surface area contributed by atoms with Gasteiger partial charge in [-0.25, -0.2) is 0 Å². The van der Waals surface area contributed by atoms with Gasteiger partial charge in [-0.15, -0.1) is 0 Å². The number of ether oxygens (including phenoxy) is 1. The van der Waals surface area contributed by atoms with Gasteiger partial charge in [0, 0.05) is 12.8 Å². The number of carbonyl (C=O) groups excluding carboxylic acids is 2. The zero-order valence-corrected chi connectivity index (χ0v) is 57.4. The van der Waals surface area contributed by atoms with Crippen LogP contribution < -0.4 is 5.32 Å². The number of unbranched alkanes of at least 4 members (excludes halogenated alkanes) is 61. The Morgan fingerprint density at radius 3 is 0.845 bits per heavy atom. The molecule has 0 aliphatic heterocycles. The molecular formula is C78H153NO5. The maximum atomic E-state index is 12.6. The van der Waals surface area contributed by atoms with Crippen LogP contribution in [0.25, 0.3) is 0 Å². The van der Waals surface area contributed by atoms with E-state index in [0.717, 1.165) is 38.5 Å². The van der Waals surface area contributed by atoms with Crippen LogP contribution in [0.5, 0.6) is 0 Å². The van der Waals surface area contributed by atoms with Crippen LogP contribution in [-0.4, -0.2) is 47.4 Å². The van der Waals surface area contributed by atoms with Crippen molar-refractivity contribution in [2.45, 2.75) is 463 Å². The van der Waals surface area contributed by atoms with Gasteiger partial charge in [0.25, 0.3) is 0 Å². The summed E-state index contributed by atoms with van der Waals surface area (Å²) >= 11 is 0. The summed E-state index contributed by atoms with van der Waals surface area (Å²) in [5.74, 6) is -0.00683. The highest BCUT2D eigenvalue weighted by atomic mass is 16.5. The molecule has 0 radical (unpaired) electrons. The number of rotatable bonds is 74. The minimum Gasteiger partial charge on any atom is -0.466 e. The van der Waals surface area contributed by atoms with E-state index in [0.29, 0.717) is 25.9 Å². The molecule has 0 spiro atoms. The summed E-state index contributed by atoms with van der Waals surface area (Å²) in [5.41, 5.74) is 0. The standard InChI is InChI=1S/C78H153NO5/c1-3-5-7-9-11-13-15-17-19-21-22-32-35-39-42-46-50-54-58-62-66-70-76(81)75(74-80)79-77(82)71-67-63-59-55-51-47-43-40-36-33-30-28-26-24-23-25-27-29-31-34-37-41-45-49-53-57-61-65-69-73-84-78(83)72-68-64-60-56-52-48-44-38-20-18-16-14-12-10-8-6-4-2/h23,25,75-76,80-81H,3-22,24,26-74H2,1-2H3,(H,79,82)/b25-23-. The van der Waals surface area contributed by atoms with E-state index in [-0.39, 0.29) is 18.5 Å². The summed E-state index contributed by atoms with van der Waals surface area (Å²) in [6, 6.07) is -0.541. The molecule has 1 amide bonds. The van der Waals surface area contributed by atoms with E-state index >= 15 is 0 Å². The van der Waals surface area contributed by atoms with Crippen LogP contribution in [0.2, 0.25) is 0 Å². The summed E-state index contributed by atoms with van der Waals surface area (Å²) in [7, 11) is 0. The molecule has 0 fully saturated rings. The second-order valence-corrected chi connectivity index (χ2v) is 27.0. The van der Waals surface area contributed by atoms with E-state index in [1.54, 1.807) is 0 Å². The third-order valence-corrected chi connectivity index (χ3v) is 18.6.